The average Bonchev–Trinajstić information content (AvgIpc) is 2.69. The third-order valence-corrected chi connectivity index (χ3v) is 5.32. The molecule has 8 heteroatoms. The molecule has 3 N–H and O–H groups in total. The van der Waals surface area contributed by atoms with E-state index in [1.807, 2.05) is 6.07 Å². The predicted molar refractivity (Wildman–Crippen MR) is 111 cm³/mol. The molecule has 7 nitrogen and oxygen atoms in total. The van der Waals surface area contributed by atoms with E-state index in [0.717, 1.165) is 5.56 Å². The van der Waals surface area contributed by atoms with Crippen LogP contribution in [0.2, 0.25) is 5.02 Å². The van der Waals surface area contributed by atoms with Crippen LogP contribution in [-0.2, 0) is 0 Å². The molecule has 2 heterocycles. The SMILES string of the molecule is O=c1cc(-c2ccnc(NC3CC(O)C3)n2)ccn1[C@H](CO)c1cccc(Cl)c1. The smallest absolute Gasteiger partial charge is 0.251 e. The number of halogens is 1. The number of aromatic nitrogens is 3. The first-order chi connectivity index (χ1) is 14.0. The van der Waals surface area contributed by atoms with Crippen LogP contribution in [0.1, 0.15) is 24.4 Å². The number of anilines is 1. The van der Waals surface area contributed by atoms with Crippen LogP contribution in [0.3, 0.4) is 0 Å². The summed E-state index contributed by atoms with van der Waals surface area (Å²) in [5, 5.41) is 23.0. The fourth-order valence-electron chi connectivity index (χ4n) is 3.45. The molecular formula is C21H21ClN4O3. The third kappa shape index (κ3) is 4.32. The maximum atomic E-state index is 12.8. The summed E-state index contributed by atoms with van der Waals surface area (Å²) in [6.45, 7) is -0.228. The van der Waals surface area contributed by atoms with E-state index in [4.69, 9.17) is 11.6 Å². The lowest BCUT2D eigenvalue weighted by Gasteiger charge is -2.31. The number of benzene rings is 1. The van der Waals surface area contributed by atoms with Gasteiger partial charge in [0.05, 0.1) is 24.4 Å². The molecule has 4 rings (SSSR count). The Bertz CT molecular complexity index is 1070. The highest BCUT2D eigenvalue weighted by atomic mass is 35.5. The minimum atomic E-state index is -0.525. The van der Waals surface area contributed by atoms with Gasteiger partial charge in [-0.15, -0.1) is 0 Å². The largest absolute Gasteiger partial charge is 0.394 e. The molecule has 0 unspecified atom stereocenters. The summed E-state index contributed by atoms with van der Waals surface area (Å²) in [4.78, 5) is 21.4. The molecule has 0 saturated heterocycles. The fraction of sp³-hybridized carbons (Fsp3) is 0.286. The third-order valence-electron chi connectivity index (χ3n) is 5.09. The van der Waals surface area contributed by atoms with Crippen molar-refractivity contribution < 1.29 is 10.2 Å². The number of hydrogen-bond donors (Lipinski definition) is 3. The first-order valence-corrected chi connectivity index (χ1v) is 9.78. The highest BCUT2D eigenvalue weighted by molar-refractivity contribution is 6.30. The van der Waals surface area contributed by atoms with Gasteiger partial charge in [-0.25, -0.2) is 9.97 Å². The van der Waals surface area contributed by atoms with Gasteiger partial charge in [-0.1, -0.05) is 23.7 Å². The molecule has 1 saturated carbocycles. The lowest BCUT2D eigenvalue weighted by Crippen LogP contribution is -2.39. The van der Waals surface area contributed by atoms with Gasteiger partial charge < -0.3 is 20.1 Å². The van der Waals surface area contributed by atoms with Crippen molar-refractivity contribution in [1.82, 2.24) is 14.5 Å². The standard InChI is InChI=1S/C21H21ClN4O3/c22-15-3-1-2-14(8-15)19(12-27)26-7-5-13(9-20(26)29)18-4-6-23-21(25-18)24-16-10-17(28)11-16/h1-9,16-17,19,27-28H,10-12H2,(H,23,24,25)/t16?,17?,19-/m1/s1. The summed E-state index contributed by atoms with van der Waals surface area (Å²) in [6, 6.07) is 11.8. The minimum Gasteiger partial charge on any atom is -0.394 e. The summed E-state index contributed by atoms with van der Waals surface area (Å²) >= 11 is 6.05. The molecule has 0 bridgehead atoms. The molecule has 0 radical (unpaired) electrons. The summed E-state index contributed by atoms with van der Waals surface area (Å²) in [6.07, 6.45) is 4.37. The number of nitrogens with zero attached hydrogens (tertiary/aromatic N) is 3. The lowest BCUT2D eigenvalue weighted by atomic mass is 9.90. The summed E-state index contributed by atoms with van der Waals surface area (Å²) in [7, 11) is 0. The predicted octanol–water partition coefficient (Wildman–Crippen LogP) is 2.48. The lowest BCUT2D eigenvalue weighted by molar-refractivity contribution is 0.0834. The van der Waals surface area contributed by atoms with Crippen LogP contribution in [0, 0.1) is 0 Å². The highest BCUT2D eigenvalue weighted by Crippen LogP contribution is 2.24. The van der Waals surface area contributed by atoms with E-state index in [9.17, 15) is 15.0 Å². The van der Waals surface area contributed by atoms with Crippen molar-refractivity contribution in [2.75, 3.05) is 11.9 Å². The normalized spacial score (nSPS) is 19.4. The second kappa shape index (κ2) is 8.32. The molecule has 0 aliphatic heterocycles. The van der Waals surface area contributed by atoms with E-state index < -0.39 is 6.04 Å². The maximum Gasteiger partial charge on any atom is 0.251 e. The van der Waals surface area contributed by atoms with Crippen LogP contribution in [0.4, 0.5) is 5.95 Å². The molecule has 1 atom stereocenters. The average molecular weight is 413 g/mol. The molecule has 150 valence electrons. The van der Waals surface area contributed by atoms with E-state index in [1.165, 1.54) is 10.6 Å². The Balaban J connectivity index is 1.59. The molecular weight excluding hydrogens is 392 g/mol. The van der Waals surface area contributed by atoms with Crippen LogP contribution in [0.25, 0.3) is 11.3 Å². The zero-order chi connectivity index (χ0) is 20.4. The van der Waals surface area contributed by atoms with Crippen molar-refractivity contribution in [2.45, 2.75) is 31.0 Å². The summed E-state index contributed by atoms with van der Waals surface area (Å²) in [5.41, 5.74) is 1.78. The van der Waals surface area contributed by atoms with Gasteiger partial charge in [0, 0.05) is 35.1 Å². The van der Waals surface area contributed by atoms with Crippen LogP contribution in [0.15, 0.2) is 59.7 Å². The van der Waals surface area contributed by atoms with Gasteiger partial charge in [0.1, 0.15) is 0 Å². The minimum absolute atomic E-state index is 0.163. The zero-order valence-electron chi connectivity index (χ0n) is 15.6. The van der Waals surface area contributed by atoms with Gasteiger partial charge in [0.15, 0.2) is 0 Å². The Kier molecular flexibility index (Phi) is 5.62. The van der Waals surface area contributed by atoms with Crippen molar-refractivity contribution in [3.8, 4) is 11.3 Å². The van der Waals surface area contributed by atoms with E-state index >= 15 is 0 Å². The second-order valence-corrected chi connectivity index (χ2v) is 7.58. The molecule has 0 amide bonds. The maximum absolute atomic E-state index is 12.8. The summed E-state index contributed by atoms with van der Waals surface area (Å²) in [5.74, 6) is 0.468. The number of hydrogen-bond acceptors (Lipinski definition) is 6. The van der Waals surface area contributed by atoms with Crippen molar-refractivity contribution in [3.05, 3.63) is 75.8 Å². The molecule has 29 heavy (non-hydrogen) atoms. The van der Waals surface area contributed by atoms with E-state index in [0.29, 0.717) is 35.1 Å². The van der Waals surface area contributed by atoms with E-state index in [2.05, 4.69) is 15.3 Å². The van der Waals surface area contributed by atoms with Crippen LogP contribution >= 0.6 is 11.6 Å². The van der Waals surface area contributed by atoms with E-state index in [1.54, 1.807) is 42.7 Å². The Labute approximate surface area is 172 Å². The van der Waals surface area contributed by atoms with Crippen molar-refractivity contribution in [3.63, 3.8) is 0 Å². The number of aliphatic hydroxyl groups is 2. The van der Waals surface area contributed by atoms with Gasteiger partial charge in [-0.05, 0) is 42.7 Å². The Morgan fingerprint density at radius 2 is 2.07 bits per heavy atom. The first-order valence-electron chi connectivity index (χ1n) is 9.40. The zero-order valence-corrected chi connectivity index (χ0v) is 16.3. The van der Waals surface area contributed by atoms with Crippen molar-refractivity contribution in [2.24, 2.45) is 0 Å². The van der Waals surface area contributed by atoms with Crippen LogP contribution in [0.5, 0.6) is 0 Å². The van der Waals surface area contributed by atoms with Gasteiger partial charge >= 0.3 is 0 Å². The molecule has 1 fully saturated rings. The summed E-state index contributed by atoms with van der Waals surface area (Å²) < 4.78 is 1.48. The number of rotatable bonds is 6. The molecule has 1 aromatic carbocycles. The Morgan fingerprint density at radius 3 is 2.76 bits per heavy atom. The van der Waals surface area contributed by atoms with Crippen molar-refractivity contribution >= 4 is 17.5 Å². The molecule has 0 spiro atoms. The molecule has 1 aliphatic carbocycles. The van der Waals surface area contributed by atoms with Gasteiger partial charge in [-0.2, -0.15) is 0 Å². The Morgan fingerprint density at radius 1 is 1.24 bits per heavy atom. The van der Waals surface area contributed by atoms with Crippen LogP contribution in [-0.4, -0.2) is 43.5 Å². The van der Waals surface area contributed by atoms with E-state index in [-0.39, 0.29) is 24.3 Å². The van der Waals surface area contributed by atoms with Gasteiger partial charge in [0.25, 0.3) is 5.56 Å². The fourth-order valence-corrected chi connectivity index (χ4v) is 3.65. The first kappa shape index (κ1) is 19.6. The van der Waals surface area contributed by atoms with Gasteiger partial charge in [-0.3, -0.25) is 4.79 Å². The number of aliphatic hydroxyl groups excluding tert-OH is 2. The second-order valence-electron chi connectivity index (χ2n) is 7.15. The molecule has 2 aromatic heterocycles. The van der Waals surface area contributed by atoms with Crippen molar-refractivity contribution in [1.29, 1.82) is 0 Å². The van der Waals surface area contributed by atoms with Crippen LogP contribution < -0.4 is 10.9 Å². The number of nitrogens with one attached hydrogen (secondary N) is 1. The highest BCUT2D eigenvalue weighted by Gasteiger charge is 2.27. The molecule has 1 aliphatic rings. The quantitative estimate of drug-likeness (QED) is 0.575. The Hall–Kier alpha value is -2.74. The topological polar surface area (TPSA) is 100 Å². The monoisotopic (exact) mass is 412 g/mol. The van der Waals surface area contributed by atoms with Gasteiger partial charge in [0.2, 0.25) is 5.95 Å². The number of pyridine rings is 1. The molecule has 3 aromatic rings.